The molecule has 0 spiro atoms. The van der Waals surface area contributed by atoms with Crippen LogP contribution in [0.5, 0.6) is 0 Å². The molecule has 0 aromatic heterocycles. The number of carbonyl (C=O) groups excluding carboxylic acids is 1. The van der Waals surface area contributed by atoms with Crippen molar-refractivity contribution in [3.05, 3.63) is 28.8 Å². The Hall–Kier alpha value is -1.06. The number of hydrogen-bond donors (Lipinski definition) is 1. The summed E-state index contributed by atoms with van der Waals surface area (Å²) in [7, 11) is 1.95. The van der Waals surface area contributed by atoms with Crippen LogP contribution in [0.15, 0.2) is 18.2 Å². The van der Waals surface area contributed by atoms with Crippen molar-refractivity contribution in [3.8, 4) is 0 Å². The summed E-state index contributed by atoms with van der Waals surface area (Å²) in [5.74, 6) is 0.0460. The van der Waals surface area contributed by atoms with Crippen molar-refractivity contribution in [2.75, 3.05) is 18.5 Å². The molecule has 0 saturated heterocycles. The van der Waals surface area contributed by atoms with Gasteiger partial charge in [0.1, 0.15) is 0 Å². The second-order valence-corrected chi connectivity index (χ2v) is 5.40. The highest BCUT2D eigenvalue weighted by molar-refractivity contribution is 6.34. The molecule has 0 fully saturated rings. The SMILES string of the molecule is CNC1(C)CCCN(C(C)=O)c2c(Cl)cccc21. The zero-order valence-electron chi connectivity index (χ0n) is 11.1. The molecule has 1 aromatic carbocycles. The zero-order valence-corrected chi connectivity index (χ0v) is 11.8. The predicted molar refractivity (Wildman–Crippen MR) is 75.1 cm³/mol. The summed E-state index contributed by atoms with van der Waals surface area (Å²) in [6.07, 6.45) is 1.95. The van der Waals surface area contributed by atoms with Gasteiger partial charge in [0.25, 0.3) is 0 Å². The maximum Gasteiger partial charge on any atom is 0.223 e. The Morgan fingerprint density at radius 2 is 2.22 bits per heavy atom. The molecule has 1 heterocycles. The number of halogens is 1. The third-order valence-corrected chi connectivity index (χ3v) is 4.15. The van der Waals surface area contributed by atoms with Crippen molar-refractivity contribution in [3.63, 3.8) is 0 Å². The summed E-state index contributed by atoms with van der Waals surface area (Å²) < 4.78 is 0. The molecular formula is C14H19ClN2O. The van der Waals surface area contributed by atoms with Gasteiger partial charge in [-0.2, -0.15) is 0 Å². The summed E-state index contributed by atoms with van der Waals surface area (Å²) in [6, 6.07) is 5.84. The zero-order chi connectivity index (χ0) is 13.3. The van der Waals surface area contributed by atoms with E-state index in [1.807, 2.05) is 19.2 Å². The minimum Gasteiger partial charge on any atom is -0.311 e. The van der Waals surface area contributed by atoms with Crippen LogP contribution in [0.3, 0.4) is 0 Å². The highest BCUT2D eigenvalue weighted by Crippen LogP contribution is 2.41. The van der Waals surface area contributed by atoms with E-state index in [9.17, 15) is 4.79 Å². The molecule has 1 aliphatic rings. The number of benzene rings is 1. The highest BCUT2D eigenvalue weighted by atomic mass is 35.5. The van der Waals surface area contributed by atoms with Crippen LogP contribution in [0, 0.1) is 0 Å². The summed E-state index contributed by atoms with van der Waals surface area (Å²) in [6.45, 7) is 4.48. The topological polar surface area (TPSA) is 32.3 Å². The fourth-order valence-corrected chi connectivity index (χ4v) is 2.92. The van der Waals surface area contributed by atoms with E-state index in [1.54, 1.807) is 11.8 Å². The number of nitrogens with zero attached hydrogens (tertiary/aromatic N) is 1. The number of hydrogen-bond acceptors (Lipinski definition) is 2. The Balaban J connectivity index is 2.65. The van der Waals surface area contributed by atoms with Crippen LogP contribution in [0.1, 0.15) is 32.3 Å². The van der Waals surface area contributed by atoms with E-state index in [0.717, 1.165) is 30.6 Å². The average molecular weight is 267 g/mol. The summed E-state index contributed by atoms with van der Waals surface area (Å²) in [5.41, 5.74) is 1.83. The van der Waals surface area contributed by atoms with Gasteiger partial charge in [0, 0.05) is 19.0 Å². The quantitative estimate of drug-likeness (QED) is 0.848. The van der Waals surface area contributed by atoms with Crippen LogP contribution >= 0.6 is 11.6 Å². The van der Waals surface area contributed by atoms with Gasteiger partial charge in [-0.25, -0.2) is 0 Å². The van der Waals surface area contributed by atoms with E-state index in [4.69, 9.17) is 11.6 Å². The van der Waals surface area contributed by atoms with E-state index in [1.165, 1.54) is 0 Å². The van der Waals surface area contributed by atoms with E-state index in [2.05, 4.69) is 18.3 Å². The van der Waals surface area contributed by atoms with Gasteiger partial charge in [-0.3, -0.25) is 4.79 Å². The third-order valence-electron chi connectivity index (χ3n) is 3.84. The molecule has 0 saturated carbocycles. The number of nitrogens with one attached hydrogen (secondary N) is 1. The van der Waals surface area contributed by atoms with Gasteiger partial charge < -0.3 is 10.2 Å². The second-order valence-electron chi connectivity index (χ2n) is 4.99. The van der Waals surface area contributed by atoms with Gasteiger partial charge in [-0.15, -0.1) is 0 Å². The number of anilines is 1. The van der Waals surface area contributed by atoms with Crippen molar-refractivity contribution in [2.45, 2.75) is 32.2 Å². The van der Waals surface area contributed by atoms with Crippen molar-refractivity contribution < 1.29 is 4.79 Å². The molecule has 1 N–H and O–H groups in total. The van der Waals surface area contributed by atoms with Gasteiger partial charge in [0.15, 0.2) is 0 Å². The standard InChI is InChI=1S/C14H19ClN2O/c1-10(18)17-9-5-8-14(2,16-3)11-6-4-7-12(15)13(11)17/h4,6-7,16H,5,8-9H2,1-3H3. The highest BCUT2D eigenvalue weighted by Gasteiger charge is 2.33. The minimum atomic E-state index is -0.134. The Labute approximate surface area is 113 Å². The molecule has 0 radical (unpaired) electrons. The number of amides is 1. The molecule has 0 aliphatic carbocycles. The molecule has 1 aliphatic heterocycles. The van der Waals surface area contributed by atoms with Crippen molar-refractivity contribution in [1.29, 1.82) is 0 Å². The molecule has 3 nitrogen and oxygen atoms in total. The summed E-state index contributed by atoms with van der Waals surface area (Å²) in [4.78, 5) is 13.6. The van der Waals surface area contributed by atoms with Crippen LogP contribution in [-0.4, -0.2) is 19.5 Å². The number of fused-ring (bicyclic) bond motifs is 1. The predicted octanol–water partition coefficient (Wildman–Crippen LogP) is 2.92. The van der Waals surface area contributed by atoms with Crippen molar-refractivity contribution in [2.24, 2.45) is 0 Å². The lowest BCUT2D eigenvalue weighted by molar-refractivity contribution is -0.116. The van der Waals surface area contributed by atoms with Crippen molar-refractivity contribution >= 4 is 23.2 Å². The van der Waals surface area contributed by atoms with Crippen LogP contribution in [-0.2, 0) is 10.3 Å². The third kappa shape index (κ3) is 2.13. The number of rotatable bonds is 1. The first-order valence-electron chi connectivity index (χ1n) is 6.25. The molecular weight excluding hydrogens is 248 g/mol. The Bertz CT molecular complexity index is 475. The smallest absolute Gasteiger partial charge is 0.223 e. The molecule has 18 heavy (non-hydrogen) atoms. The molecule has 1 atom stereocenters. The molecule has 0 bridgehead atoms. The first-order chi connectivity index (χ1) is 8.49. The minimum absolute atomic E-state index is 0.0460. The van der Waals surface area contributed by atoms with Gasteiger partial charge >= 0.3 is 0 Å². The molecule has 1 aromatic rings. The Morgan fingerprint density at radius 3 is 2.83 bits per heavy atom. The molecule has 4 heteroatoms. The average Bonchev–Trinajstić information content (AvgIpc) is 2.49. The van der Waals surface area contributed by atoms with E-state index in [-0.39, 0.29) is 11.4 Å². The first kappa shape index (κ1) is 13.4. The fraction of sp³-hybridized carbons (Fsp3) is 0.500. The number of carbonyl (C=O) groups is 1. The van der Waals surface area contributed by atoms with Crippen LogP contribution in [0.25, 0.3) is 0 Å². The van der Waals surface area contributed by atoms with E-state index in [0.29, 0.717) is 5.02 Å². The first-order valence-corrected chi connectivity index (χ1v) is 6.63. The van der Waals surface area contributed by atoms with Gasteiger partial charge in [-0.1, -0.05) is 23.7 Å². The Morgan fingerprint density at radius 1 is 1.50 bits per heavy atom. The molecule has 98 valence electrons. The van der Waals surface area contributed by atoms with Gasteiger partial charge in [0.2, 0.25) is 5.91 Å². The maximum atomic E-state index is 11.8. The molecule has 2 rings (SSSR count). The summed E-state index contributed by atoms with van der Waals surface area (Å²) >= 11 is 6.32. The molecule has 1 amide bonds. The van der Waals surface area contributed by atoms with Crippen molar-refractivity contribution in [1.82, 2.24) is 5.32 Å². The second kappa shape index (κ2) is 4.90. The van der Waals surface area contributed by atoms with E-state index < -0.39 is 0 Å². The number of para-hydroxylation sites is 1. The maximum absolute atomic E-state index is 11.8. The lowest BCUT2D eigenvalue weighted by Crippen LogP contribution is -2.37. The van der Waals surface area contributed by atoms with Crippen LogP contribution < -0.4 is 10.2 Å². The fourth-order valence-electron chi connectivity index (χ4n) is 2.65. The normalized spacial score (nSPS) is 23.4. The van der Waals surface area contributed by atoms with Gasteiger partial charge in [-0.05, 0) is 38.4 Å². The lowest BCUT2D eigenvalue weighted by atomic mass is 9.87. The van der Waals surface area contributed by atoms with Gasteiger partial charge in [0.05, 0.1) is 10.7 Å². The van der Waals surface area contributed by atoms with Crippen LogP contribution in [0.4, 0.5) is 5.69 Å². The lowest BCUT2D eigenvalue weighted by Gasteiger charge is -2.31. The summed E-state index contributed by atoms with van der Waals surface area (Å²) in [5, 5.41) is 4.01. The van der Waals surface area contributed by atoms with E-state index >= 15 is 0 Å². The Kier molecular flexibility index (Phi) is 3.64. The van der Waals surface area contributed by atoms with Crippen LogP contribution in [0.2, 0.25) is 5.02 Å². The largest absolute Gasteiger partial charge is 0.311 e. The molecule has 1 unspecified atom stereocenters. The monoisotopic (exact) mass is 266 g/mol.